The predicted molar refractivity (Wildman–Crippen MR) is 139 cm³/mol. The van der Waals surface area contributed by atoms with E-state index >= 15 is 0 Å². The van der Waals surface area contributed by atoms with Crippen LogP contribution in [0.3, 0.4) is 0 Å². The number of halogens is 1. The molecule has 6 nitrogen and oxygen atoms in total. The van der Waals surface area contributed by atoms with Crippen molar-refractivity contribution in [2.24, 2.45) is 0 Å². The fourth-order valence-corrected chi connectivity index (χ4v) is 4.54. The lowest BCUT2D eigenvalue weighted by molar-refractivity contribution is -0.140. The molecule has 4 rings (SSSR count). The van der Waals surface area contributed by atoms with Crippen LogP contribution in [0.25, 0.3) is 5.76 Å². The van der Waals surface area contributed by atoms with Crippen molar-refractivity contribution >= 4 is 29.1 Å². The largest absolute Gasteiger partial charge is 0.507 e. The highest BCUT2D eigenvalue weighted by atomic mass is 35.5. The minimum Gasteiger partial charge on any atom is -0.507 e. The van der Waals surface area contributed by atoms with Gasteiger partial charge in [0, 0.05) is 30.8 Å². The van der Waals surface area contributed by atoms with Gasteiger partial charge >= 0.3 is 0 Å². The topological polar surface area (TPSA) is 76.1 Å². The number of likely N-dealkylation sites (tertiary alicyclic amines) is 1. The van der Waals surface area contributed by atoms with Gasteiger partial charge in [-0.1, -0.05) is 53.6 Å². The summed E-state index contributed by atoms with van der Waals surface area (Å²) in [6.45, 7) is 3.18. The Balaban J connectivity index is 1.63. The van der Waals surface area contributed by atoms with Gasteiger partial charge < -0.3 is 19.5 Å². The number of carbonyl (C=O) groups is 2. The van der Waals surface area contributed by atoms with E-state index in [1.807, 2.05) is 25.1 Å². The van der Waals surface area contributed by atoms with Crippen LogP contribution in [0.2, 0.25) is 5.02 Å². The van der Waals surface area contributed by atoms with Crippen molar-refractivity contribution in [3.63, 3.8) is 0 Å². The summed E-state index contributed by atoms with van der Waals surface area (Å²) in [5.41, 5.74) is 3.31. The Morgan fingerprint density at radius 1 is 1.03 bits per heavy atom. The van der Waals surface area contributed by atoms with E-state index in [0.717, 1.165) is 11.1 Å². The third-order valence-corrected chi connectivity index (χ3v) is 6.30. The van der Waals surface area contributed by atoms with Crippen LogP contribution in [-0.4, -0.2) is 42.0 Å². The van der Waals surface area contributed by atoms with Crippen molar-refractivity contribution in [2.75, 3.05) is 20.3 Å². The van der Waals surface area contributed by atoms with Crippen molar-refractivity contribution < 1.29 is 24.2 Å². The molecule has 1 aliphatic heterocycles. The third-order valence-electron chi connectivity index (χ3n) is 6.07. The SMILES string of the molecule is COCCCN1C(=O)C(=O)/C(=C(\O)c2ccc(OCc3cccc(C)c3)cc2)C1c1cccc(Cl)c1. The number of benzene rings is 3. The van der Waals surface area contributed by atoms with E-state index < -0.39 is 17.7 Å². The molecule has 0 aliphatic carbocycles. The number of rotatable bonds is 9. The van der Waals surface area contributed by atoms with Gasteiger partial charge in [0.2, 0.25) is 0 Å². The van der Waals surface area contributed by atoms with Crippen LogP contribution in [0.5, 0.6) is 5.75 Å². The summed E-state index contributed by atoms with van der Waals surface area (Å²) in [4.78, 5) is 27.5. The highest BCUT2D eigenvalue weighted by molar-refractivity contribution is 6.46. The molecule has 1 amide bonds. The number of aliphatic hydroxyl groups excluding tert-OH is 1. The molecule has 1 aliphatic rings. The standard InChI is InChI=1S/C29H28ClNO5/c1-19-6-3-7-20(16-19)18-36-24-12-10-21(11-13-24)27(32)25-26(22-8-4-9-23(30)17-22)31(14-5-15-35-2)29(34)28(25)33/h3-4,6-13,16-17,26,32H,5,14-15,18H2,1-2H3/b27-25-. The number of hydrogen-bond acceptors (Lipinski definition) is 5. The first kappa shape index (κ1) is 25.5. The van der Waals surface area contributed by atoms with Crippen molar-refractivity contribution in [2.45, 2.75) is 26.0 Å². The average Bonchev–Trinajstić information content (AvgIpc) is 3.13. The lowest BCUT2D eigenvalue weighted by Gasteiger charge is -2.25. The minimum atomic E-state index is -0.752. The Hall–Kier alpha value is -3.61. The van der Waals surface area contributed by atoms with Crippen LogP contribution in [0.15, 0.2) is 78.4 Å². The fraction of sp³-hybridized carbons (Fsp3) is 0.241. The summed E-state index contributed by atoms with van der Waals surface area (Å²) in [5.74, 6) is -0.998. The van der Waals surface area contributed by atoms with Gasteiger partial charge in [-0.2, -0.15) is 0 Å². The molecule has 7 heteroatoms. The van der Waals surface area contributed by atoms with E-state index in [1.165, 1.54) is 4.90 Å². The molecule has 0 spiro atoms. The van der Waals surface area contributed by atoms with Crippen LogP contribution < -0.4 is 4.74 Å². The zero-order valence-electron chi connectivity index (χ0n) is 20.2. The molecule has 0 radical (unpaired) electrons. The monoisotopic (exact) mass is 505 g/mol. The van der Waals surface area contributed by atoms with Gasteiger partial charge in [-0.15, -0.1) is 0 Å². The predicted octanol–water partition coefficient (Wildman–Crippen LogP) is 5.69. The second-order valence-electron chi connectivity index (χ2n) is 8.70. The number of aliphatic hydroxyl groups is 1. The second-order valence-corrected chi connectivity index (χ2v) is 9.13. The Morgan fingerprint density at radius 3 is 2.47 bits per heavy atom. The van der Waals surface area contributed by atoms with Gasteiger partial charge in [-0.05, 0) is 60.9 Å². The van der Waals surface area contributed by atoms with Crippen LogP contribution in [-0.2, 0) is 20.9 Å². The van der Waals surface area contributed by atoms with Crippen LogP contribution >= 0.6 is 11.6 Å². The summed E-state index contributed by atoms with van der Waals surface area (Å²) in [7, 11) is 1.58. The molecule has 1 fully saturated rings. The number of methoxy groups -OCH3 is 1. The quantitative estimate of drug-likeness (QED) is 0.175. The Bertz CT molecular complexity index is 1280. The van der Waals surface area contributed by atoms with Crippen molar-refractivity contribution in [3.8, 4) is 5.75 Å². The molecule has 1 saturated heterocycles. The molecule has 0 bridgehead atoms. The van der Waals surface area contributed by atoms with E-state index in [-0.39, 0.29) is 11.3 Å². The zero-order chi connectivity index (χ0) is 25.7. The number of ketones is 1. The number of ether oxygens (including phenoxy) is 2. The average molecular weight is 506 g/mol. The molecular formula is C29H28ClNO5. The first-order valence-corrected chi connectivity index (χ1v) is 12.1. The van der Waals surface area contributed by atoms with Gasteiger partial charge in [0.05, 0.1) is 11.6 Å². The van der Waals surface area contributed by atoms with Gasteiger partial charge in [0.15, 0.2) is 0 Å². The lowest BCUT2D eigenvalue weighted by atomic mass is 9.95. The molecule has 1 atom stereocenters. The van der Waals surface area contributed by atoms with Crippen LogP contribution in [0.1, 0.15) is 34.7 Å². The van der Waals surface area contributed by atoms with Gasteiger partial charge in [-0.25, -0.2) is 0 Å². The van der Waals surface area contributed by atoms with Gasteiger partial charge in [0.1, 0.15) is 18.1 Å². The molecule has 3 aromatic rings. The molecule has 3 aromatic carbocycles. The third kappa shape index (κ3) is 5.61. The van der Waals surface area contributed by atoms with E-state index in [1.54, 1.807) is 55.6 Å². The highest BCUT2D eigenvalue weighted by Crippen LogP contribution is 2.40. The normalized spacial score (nSPS) is 17.0. The number of nitrogens with zero attached hydrogens (tertiary/aromatic N) is 1. The number of hydrogen-bond donors (Lipinski definition) is 1. The summed E-state index contributed by atoms with van der Waals surface area (Å²) in [6, 6.07) is 21.1. The minimum absolute atomic E-state index is 0.0353. The number of aryl methyl sites for hydroxylation is 1. The van der Waals surface area contributed by atoms with Crippen LogP contribution in [0, 0.1) is 6.92 Å². The van der Waals surface area contributed by atoms with E-state index in [9.17, 15) is 14.7 Å². The molecule has 0 aromatic heterocycles. The maximum atomic E-state index is 13.1. The first-order valence-electron chi connectivity index (χ1n) is 11.7. The van der Waals surface area contributed by atoms with Crippen LogP contribution in [0.4, 0.5) is 0 Å². The Morgan fingerprint density at radius 2 is 1.78 bits per heavy atom. The molecular weight excluding hydrogens is 478 g/mol. The summed E-state index contributed by atoms with van der Waals surface area (Å²) >= 11 is 6.21. The Labute approximate surface area is 215 Å². The summed E-state index contributed by atoms with van der Waals surface area (Å²) < 4.78 is 11.0. The molecule has 1 N–H and O–H groups in total. The molecule has 186 valence electrons. The zero-order valence-corrected chi connectivity index (χ0v) is 21.0. The van der Waals surface area contributed by atoms with Gasteiger partial charge in [0.25, 0.3) is 11.7 Å². The molecule has 1 unspecified atom stereocenters. The molecule has 1 heterocycles. The lowest BCUT2D eigenvalue weighted by Crippen LogP contribution is -2.31. The highest BCUT2D eigenvalue weighted by Gasteiger charge is 2.45. The van der Waals surface area contributed by atoms with Crippen molar-refractivity contribution in [3.05, 3.63) is 106 Å². The van der Waals surface area contributed by atoms with E-state index in [2.05, 4.69) is 6.07 Å². The number of amides is 1. The summed E-state index contributed by atoms with van der Waals surface area (Å²) in [5, 5.41) is 11.7. The number of carbonyl (C=O) groups excluding carboxylic acids is 2. The second kappa shape index (κ2) is 11.4. The van der Waals surface area contributed by atoms with E-state index in [0.29, 0.717) is 48.1 Å². The molecule has 36 heavy (non-hydrogen) atoms. The van der Waals surface area contributed by atoms with Crippen molar-refractivity contribution in [1.82, 2.24) is 4.90 Å². The van der Waals surface area contributed by atoms with Gasteiger partial charge in [-0.3, -0.25) is 9.59 Å². The van der Waals surface area contributed by atoms with E-state index in [4.69, 9.17) is 21.1 Å². The maximum Gasteiger partial charge on any atom is 0.295 e. The Kier molecular flexibility index (Phi) is 8.08. The number of Topliss-reactive ketones (excluding diaryl/α,β-unsaturated/α-hetero) is 1. The maximum absolute atomic E-state index is 13.1. The smallest absolute Gasteiger partial charge is 0.295 e. The first-order chi connectivity index (χ1) is 17.4. The van der Waals surface area contributed by atoms with Crippen molar-refractivity contribution in [1.29, 1.82) is 0 Å². The fourth-order valence-electron chi connectivity index (χ4n) is 4.35. The molecule has 0 saturated carbocycles. The summed E-state index contributed by atoms with van der Waals surface area (Å²) in [6.07, 6.45) is 0.549.